The van der Waals surface area contributed by atoms with Gasteiger partial charge in [-0.25, -0.2) is 0 Å². The molecule has 1 saturated heterocycles. The van der Waals surface area contributed by atoms with E-state index in [4.69, 9.17) is 0 Å². The van der Waals surface area contributed by atoms with Crippen LogP contribution in [0.15, 0.2) is 24.3 Å². The fourth-order valence-corrected chi connectivity index (χ4v) is 3.90. The molecule has 1 aromatic carbocycles. The lowest BCUT2D eigenvalue weighted by atomic mass is 9.85. The smallest absolute Gasteiger partial charge is 0.239 e. The van der Waals surface area contributed by atoms with E-state index in [1.54, 1.807) is 17.0 Å². The van der Waals surface area contributed by atoms with Gasteiger partial charge < -0.3 is 26.0 Å². The molecular weight excluding hydrogens is 388 g/mol. The summed E-state index contributed by atoms with van der Waals surface area (Å²) in [6, 6.07) is 6.23. The highest BCUT2D eigenvalue weighted by Crippen LogP contribution is 2.26. The molecule has 0 aromatic heterocycles. The van der Waals surface area contributed by atoms with Crippen molar-refractivity contribution in [1.82, 2.24) is 15.5 Å². The van der Waals surface area contributed by atoms with Crippen molar-refractivity contribution < 1.29 is 24.3 Å². The van der Waals surface area contributed by atoms with E-state index in [0.717, 1.165) is 0 Å². The summed E-state index contributed by atoms with van der Waals surface area (Å²) >= 11 is 0. The van der Waals surface area contributed by atoms with Crippen LogP contribution < -0.4 is 16.0 Å². The van der Waals surface area contributed by atoms with Gasteiger partial charge in [-0.3, -0.25) is 19.2 Å². The molecule has 162 valence electrons. The molecule has 1 heterocycles. The number of piperazine rings is 1. The van der Waals surface area contributed by atoms with E-state index in [0.29, 0.717) is 44.5 Å². The molecule has 2 aliphatic rings. The molecule has 0 unspecified atom stereocenters. The van der Waals surface area contributed by atoms with Crippen LogP contribution in [-0.4, -0.2) is 59.3 Å². The molecule has 1 aliphatic heterocycles. The van der Waals surface area contributed by atoms with Crippen LogP contribution in [0.4, 0.5) is 5.69 Å². The second-order valence-corrected chi connectivity index (χ2v) is 7.82. The lowest BCUT2D eigenvalue weighted by Crippen LogP contribution is -2.52. The van der Waals surface area contributed by atoms with E-state index in [9.17, 15) is 24.3 Å². The van der Waals surface area contributed by atoms with Crippen molar-refractivity contribution in [3.05, 3.63) is 24.3 Å². The molecule has 30 heavy (non-hydrogen) atoms. The molecule has 9 nitrogen and oxygen atoms in total. The quantitative estimate of drug-likeness (QED) is 0.544. The minimum atomic E-state index is -0.296. The first kappa shape index (κ1) is 21.6. The predicted molar refractivity (Wildman–Crippen MR) is 109 cm³/mol. The standard InChI is InChI=1S/C21H28N4O5/c26-17-3-1-2-16(12-17)24-19(28)9-8-18(27)23-15-6-4-14(5-7-15)21(30)25-11-10-22-20(29)13-25/h1-3,12,14-15,26H,4-11,13H2,(H,22,29)(H,23,27)(H,24,28). The van der Waals surface area contributed by atoms with Crippen LogP contribution in [0.5, 0.6) is 5.75 Å². The molecule has 2 fully saturated rings. The van der Waals surface area contributed by atoms with Gasteiger partial charge in [-0.1, -0.05) is 6.07 Å². The van der Waals surface area contributed by atoms with Crippen molar-refractivity contribution >= 4 is 29.3 Å². The maximum atomic E-state index is 12.6. The maximum absolute atomic E-state index is 12.6. The fraction of sp³-hybridized carbons (Fsp3) is 0.524. The number of hydrogen-bond donors (Lipinski definition) is 4. The fourth-order valence-electron chi connectivity index (χ4n) is 3.90. The molecule has 3 rings (SSSR count). The largest absolute Gasteiger partial charge is 0.508 e. The summed E-state index contributed by atoms with van der Waals surface area (Å²) in [5.41, 5.74) is 0.481. The number of carbonyl (C=O) groups is 4. The molecule has 1 saturated carbocycles. The lowest BCUT2D eigenvalue weighted by molar-refractivity contribution is -0.142. The third-order valence-electron chi connectivity index (χ3n) is 5.50. The van der Waals surface area contributed by atoms with Gasteiger partial charge in [0, 0.05) is 49.6 Å². The SMILES string of the molecule is O=C1CN(C(=O)C2CCC(NC(=O)CCC(=O)Nc3cccc(O)c3)CC2)CCN1. The Kier molecular flexibility index (Phi) is 7.26. The number of anilines is 1. The number of nitrogens with zero attached hydrogens (tertiary/aromatic N) is 1. The third kappa shape index (κ3) is 6.20. The number of carbonyl (C=O) groups excluding carboxylic acids is 4. The Hall–Kier alpha value is -3.10. The number of nitrogens with one attached hydrogen (secondary N) is 3. The molecule has 0 spiro atoms. The van der Waals surface area contributed by atoms with Gasteiger partial charge in [0.1, 0.15) is 5.75 Å². The predicted octanol–water partition coefficient (Wildman–Crippen LogP) is 0.744. The number of aromatic hydroxyl groups is 1. The van der Waals surface area contributed by atoms with Crippen molar-refractivity contribution in [1.29, 1.82) is 0 Å². The normalized spacial score (nSPS) is 21.5. The van der Waals surface area contributed by atoms with Crippen LogP contribution in [0.25, 0.3) is 0 Å². The van der Waals surface area contributed by atoms with Crippen LogP contribution in [-0.2, 0) is 19.2 Å². The van der Waals surface area contributed by atoms with Gasteiger partial charge in [0.2, 0.25) is 23.6 Å². The minimum Gasteiger partial charge on any atom is -0.508 e. The van der Waals surface area contributed by atoms with E-state index >= 15 is 0 Å². The summed E-state index contributed by atoms with van der Waals surface area (Å²) in [7, 11) is 0. The van der Waals surface area contributed by atoms with Crippen LogP contribution in [0.1, 0.15) is 38.5 Å². The van der Waals surface area contributed by atoms with Crippen LogP contribution in [0.2, 0.25) is 0 Å². The Morgan fingerprint density at radius 2 is 1.83 bits per heavy atom. The molecule has 0 atom stereocenters. The van der Waals surface area contributed by atoms with E-state index < -0.39 is 0 Å². The lowest BCUT2D eigenvalue weighted by Gasteiger charge is -2.34. The highest BCUT2D eigenvalue weighted by atomic mass is 16.3. The molecule has 0 bridgehead atoms. The topological polar surface area (TPSA) is 128 Å². The maximum Gasteiger partial charge on any atom is 0.239 e. The molecule has 1 aromatic rings. The highest BCUT2D eigenvalue weighted by Gasteiger charge is 2.31. The summed E-state index contributed by atoms with van der Waals surface area (Å²) in [4.78, 5) is 49.8. The van der Waals surface area contributed by atoms with Crippen LogP contribution in [0.3, 0.4) is 0 Å². The Labute approximate surface area is 175 Å². The Balaban J connectivity index is 1.35. The highest BCUT2D eigenvalue weighted by molar-refractivity contribution is 5.93. The average Bonchev–Trinajstić information content (AvgIpc) is 2.72. The first-order chi connectivity index (χ1) is 14.4. The average molecular weight is 416 g/mol. The van der Waals surface area contributed by atoms with Crippen molar-refractivity contribution in [2.75, 3.05) is 25.0 Å². The van der Waals surface area contributed by atoms with Crippen molar-refractivity contribution in [2.24, 2.45) is 5.92 Å². The molecule has 0 radical (unpaired) electrons. The number of hydrogen-bond acceptors (Lipinski definition) is 5. The number of amides is 4. The summed E-state index contributed by atoms with van der Waals surface area (Å²) in [6.45, 7) is 1.17. The molecular formula is C21H28N4O5. The van der Waals surface area contributed by atoms with Gasteiger partial charge in [0.15, 0.2) is 0 Å². The molecule has 4 N–H and O–H groups in total. The van der Waals surface area contributed by atoms with E-state index in [1.165, 1.54) is 12.1 Å². The van der Waals surface area contributed by atoms with Crippen molar-refractivity contribution in [3.8, 4) is 5.75 Å². The summed E-state index contributed by atoms with van der Waals surface area (Å²) < 4.78 is 0. The Morgan fingerprint density at radius 1 is 1.10 bits per heavy atom. The van der Waals surface area contributed by atoms with Crippen molar-refractivity contribution in [2.45, 2.75) is 44.6 Å². The van der Waals surface area contributed by atoms with Gasteiger partial charge in [-0.05, 0) is 37.8 Å². The van der Waals surface area contributed by atoms with Gasteiger partial charge in [0.05, 0.1) is 6.54 Å². The second-order valence-electron chi connectivity index (χ2n) is 7.82. The summed E-state index contributed by atoms with van der Waals surface area (Å²) in [5.74, 6) is -0.624. The summed E-state index contributed by atoms with van der Waals surface area (Å²) in [6.07, 6.45) is 2.90. The number of benzene rings is 1. The Bertz CT molecular complexity index is 804. The van der Waals surface area contributed by atoms with E-state index in [-0.39, 0.29) is 60.7 Å². The minimum absolute atomic E-state index is 0.000311. The van der Waals surface area contributed by atoms with Crippen LogP contribution >= 0.6 is 0 Å². The van der Waals surface area contributed by atoms with Crippen molar-refractivity contribution in [3.63, 3.8) is 0 Å². The molecule has 4 amide bonds. The summed E-state index contributed by atoms with van der Waals surface area (Å²) in [5, 5.41) is 17.7. The Morgan fingerprint density at radius 3 is 2.53 bits per heavy atom. The van der Waals surface area contributed by atoms with Gasteiger partial charge in [-0.15, -0.1) is 0 Å². The number of rotatable bonds is 6. The first-order valence-corrected chi connectivity index (χ1v) is 10.3. The zero-order valence-electron chi connectivity index (χ0n) is 16.9. The monoisotopic (exact) mass is 416 g/mol. The number of phenolic OH excluding ortho intramolecular Hbond substituents is 1. The molecule has 1 aliphatic carbocycles. The zero-order valence-corrected chi connectivity index (χ0v) is 16.9. The first-order valence-electron chi connectivity index (χ1n) is 10.3. The third-order valence-corrected chi connectivity index (χ3v) is 5.50. The van der Waals surface area contributed by atoms with Gasteiger partial charge in [-0.2, -0.15) is 0 Å². The van der Waals surface area contributed by atoms with E-state index in [1.807, 2.05) is 0 Å². The number of phenols is 1. The van der Waals surface area contributed by atoms with E-state index in [2.05, 4.69) is 16.0 Å². The second kappa shape index (κ2) is 10.1. The zero-order chi connectivity index (χ0) is 21.5. The van der Waals surface area contributed by atoms with Gasteiger partial charge in [0.25, 0.3) is 0 Å². The van der Waals surface area contributed by atoms with Gasteiger partial charge >= 0.3 is 0 Å². The van der Waals surface area contributed by atoms with Crippen LogP contribution in [0, 0.1) is 5.92 Å². The molecule has 9 heteroatoms.